The van der Waals surface area contributed by atoms with E-state index in [0.29, 0.717) is 12.4 Å². The summed E-state index contributed by atoms with van der Waals surface area (Å²) in [7, 11) is 0. The smallest absolute Gasteiger partial charge is 0.120 e. The van der Waals surface area contributed by atoms with Crippen LogP contribution in [0.4, 0.5) is 0 Å². The van der Waals surface area contributed by atoms with Gasteiger partial charge in [-0.3, -0.25) is 4.84 Å². The number of phenols is 1. The van der Waals surface area contributed by atoms with Crippen LogP contribution in [0.25, 0.3) is 0 Å². The van der Waals surface area contributed by atoms with Crippen LogP contribution in [0.2, 0.25) is 0 Å². The Morgan fingerprint density at radius 2 is 1.74 bits per heavy atom. The number of benzene rings is 2. The minimum atomic E-state index is -0.00934. The maximum atomic E-state index is 9.83. The summed E-state index contributed by atoms with van der Waals surface area (Å²) in [5, 5.41) is 9.83. The molecule has 3 nitrogen and oxygen atoms in total. The lowest BCUT2D eigenvalue weighted by Gasteiger charge is -2.18. The molecule has 19 heavy (non-hydrogen) atoms. The number of phenolic OH excluding ortho intramolecular Hbond substituents is 1. The third-order valence-electron chi connectivity index (χ3n) is 3.03. The van der Waals surface area contributed by atoms with Crippen LogP contribution in [-0.4, -0.2) is 5.11 Å². The predicted octanol–water partition coefficient (Wildman–Crippen LogP) is 3.56. The van der Waals surface area contributed by atoms with Gasteiger partial charge in [-0.1, -0.05) is 55.5 Å². The Bertz CT molecular complexity index is 499. The fourth-order valence-corrected chi connectivity index (χ4v) is 1.95. The molecule has 0 heterocycles. The van der Waals surface area contributed by atoms with E-state index in [0.717, 1.165) is 17.5 Å². The second-order valence-electron chi connectivity index (χ2n) is 4.41. The monoisotopic (exact) mass is 257 g/mol. The first-order chi connectivity index (χ1) is 9.31. The summed E-state index contributed by atoms with van der Waals surface area (Å²) in [4.78, 5) is 5.52. The number of hydrogen-bond donors (Lipinski definition) is 2. The van der Waals surface area contributed by atoms with Gasteiger partial charge in [-0.2, -0.15) is 5.48 Å². The van der Waals surface area contributed by atoms with Crippen LogP contribution in [0.5, 0.6) is 5.75 Å². The summed E-state index contributed by atoms with van der Waals surface area (Å²) in [6, 6.07) is 17.3. The van der Waals surface area contributed by atoms with Crippen molar-refractivity contribution in [2.45, 2.75) is 26.0 Å². The van der Waals surface area contributed by atoms with Gasteiger partial charge in [0.1, 0.15) is 5.75 Å². The molecule has 1 unspecified atom stereocenters. The molecule has 2 aromatic carbocycles. The van der Waals surface area contributed by atoms with Crippen LogP contribution in [0, 0.1) is 0 Å². The fraction of sp³-hybridized carbons (Fsp3) is 0.250. The molecule has 0 aliphatic heterocycles. The molecule has 2 rings (SSSR count). The van der Waals surface area contributed by atoms with Crippen molar-refractivity contribution in [1.82, 2.24) is 5.48 Å². The van der Waals surface area contributed by atoms with Crippen molar-refractivity contribution < 1.29 is 9.94 Å². The van der Waals surface area contributed by atoms with E-state index in [4.69, 9.17) is 4.84 Å². The molecule has 0 amide bonds. The first kappa shape index (κ1) is 13.6. The molecule has 0 spiro atoms. The van der Waals surface area contributed by atoms with Gasteiger partial charge in [-0.15, -0.1) is 0 Å². The van der Waals surface area contributed by atoms with Gasteiger partial charge in [-0.05, 0) is 18.1 Å². The predicted molar refractivity (Wildman–Crippen MR) is 75.5 cm³/mol. The molecule has 2 aromatic rings. The van der Waals surface area contributed by atoms with Gasteiger partial charge in [0.05, 0.1) is 12.6 Å². The fourth-order valence-electron chi connectivity index (χ4n) is 1.95. The van der Waals surface area contributed by atoms with Gasteiger partial charge in [0, 0.05) is 5.56 Å². The molecule has 0 aliphatic rings. The van der Waals surface area contributed by atoms with Crippen molar-refractivity contribution in [3.63, 3.8) is 0 Å². The van der Waals surface area contributed by atoms with Crippen LogP contribution >= 0.6 is 0 Å². The van der Waals surface area contributed by atoms with E-state index in [9.17, 15) is 5.11 Å². The van der Waals surface area contributed by atoms with Crippen molar-refractivity contribution >= 4 is 0 Å². The largest absolute Gasteiger partial charge is 0.508 e. The summed E-state index contributed by atoms with van der Waals surface area (Å²) in [6.07, 6.45) is 0.840. The number of hydrogen-bond acceptors (Lipinski definition) is 3. The maximum absolute atomic E-state index is 9.83. The third-order valence-corrected chi connectivity index (χ3v) is 3.03. The second-order valence-corrected chi connectivity index (χ2v) is 4.41. The molecular weight excluding hydrogens is 238 g/mol. The average Bonchev–Trinajstić information content (AvgIpc) is 2.46. The Kier molecular flexibility index (Phi) is 4.95. The first-order valence-corrected chi connectivity index (χ1v) is 6.50. The molecule has 0 saturated carbocycles. The quantitative estimate of drug-likeness (QED) is 0.777. The lowest BCUT2D eigenvalue weighted by atomic mass is 10.0. The highest BCUT2D eigenvalue weighted by Gasteiger charge is 2.12. The lowest BCUT2D eigenvalue weighted by Crippen LogP contribution is -2.21. The Hall–Kier alpha value is -1.84. The second kappa shape index (κ2) is 6.92. The zero-order chi connectivity index (χ0) is 13.5. The molecule has 0 bridgehead atoms. The van der Waals surface area contributed by atoms with Crippen molar-refractivity contribution in [2.24, 2.45) is 0 Å². The van der Waals surface area contributed by atoms with Crippen molar-refractivity contribution in [2.75, 3.05) is 0 Å². The van der Waals surface area contributed by atoms with E-state index in [1.165, 1.54) is 0 Å². The van der Waals surface area contributed by atoms with Crippen molar-refractivity contribution in [1.29, 1.82) is 0 Å². The highest BCUT2D eigenvalue weighted by atomic mass is 16.6. The summed E-state index contributed by atoms with van der Waals surface area (Å²) >= 11 is 0. The average molecular weight is 257 g/mol. The maximum Gasteiger partial charge on any atom is 0.120 e. The Morgan fingerprint density at radius 1 is 1.05 bits per heavy atom. The Balaban J connectivity index is 1.92. The highest BCUT2D eigenvalue weighted by Crippen LogP contribution is 2.25. The van der Waals surface area contributed by atoms with E-state index < -0.39 is 0 Å². The van der Waals surface area contributed by atoms with E-state index >= 15 is 0 Å². The third kappa shape index (κ3) is 3.81. The lowest BCUT2D eigenvalue weighted by molar-refractivity contribution is 0.00156. The minimum absolute atomic E-state index is 0.00934. The van der Waals surface area contributed by atoms with Crippen LogP contribution < -0.4 is 5.48 Å². The van der Waals surface area contributed by atoms with E-state index in [-0.39, 0.29) is 6.04 Å². The van der Waals surface area contributed by atoms with Crippen LogP contribution in [0.15, 0.2) is 54.6 Å². The summed E-state index contributed by atoms with van der Waals surface area (Å²) in [5.74, 6) is 0.296. The number of rotatable bonds is 6. The number of aromatic hydroxyl groups is 1. The molecular formula is C16H19NO2. The molecule has 3 heteroatoms. The topological polar surface area (TPSA) is 41.5 Å². The minimum Gasteiger partial charge on any atom is -0.508 e. The van der Waals surface area contributed by atoms with Crippen molar-refractivity contribution in [3.05, 3.63) is 65.7 Å². The standard InChI is InChI=1S/C16H19NO2/c1-2-15(14-10-6-7-11-16(14)18)17-19-12-13-8-4-3-5-9-13/h3-11,15,17-18H,2,12H2,1H3. The van der Waals surface area contributed by atoms with Crippen molar-refractivity contribution in [3.8, 4) is 5.75 Å². The molecule has 100 valence electrons. The van der Waals surface area contributed by atoms with Gasteiger partial charge in [-0.25, -0.2) is 0 Å². The van der Waals surface area contributed by atoms with Crippen LogP contribution in [0.3, 0.4) is 0 Å². The molecule has 0 aromatic heterocycles. The molecule has 0 fully saturated rings. The first-order valence-electron chi connectivity index (χ1n) is 6.50. The Morgan fingerprint density at radius 3 is 2.42 bits per heavy atom. The normalized spacial score (nSPS) is 12.3. The summed E-state index contributed by atoms with van der Waals surface area (Å²) in [5.41, 5.74) is 4.99. The van der Waals surface area contributed by atoms with Gasteiger partial charge < -0.3 is 5.11 Å². The van der Waals surface area contributed by atoms with Gasteiger partial charge in [0.15, 0.2) is 0 Å². The molecule has 1 atom stereocenters. The van der Waals surface area contributed by atoms with Crippen LogP contribution in [-0.2, 0) is 11.4 Å². The van der Waals surface area contributed by atoms with E-state index in [1.54, 1.807) is 6.07 Å². The van der Waals surface area contributed by atoms with Gasteiger partial charge >= 0.3 is 0 Å². The summed E-state index contributed by atoms with van der Waals surface area (Å²) in [6.45, 7) is 2.56. The zero-order valence-electron chi connectivity index (χ0n) is 11.0. The molecule has 2 N–H and O–H groups in total. The zero-order valence-corrected chi connectivity index (χ0v) is 11.0. The number of para-hydroxylation sites is 1. The van der Waals surface area contributed by atoms with Gasteiger partial charge in [0.25, 0.3) is 0 Å². The highest BCUT2D eigenvalue weighted by molar-refractivity contribution is 5.34. The molecule has 0 aliphatic carbocycles. The number of nitrogens with one attached hydrogen (secondary N) is 1. The SMILES string of the molecule is CCC(NOCc1ccccc1)c1ccccc1O. The van der Waals surface area contributed by atoms with E-state index in [1.807, 2.05) is 48.5 Å². The number of hydroxylamine groups is 1. The van der Waals surface area contributed by atoms with E-state index in [2.05, 4.69) is 12.4 Å². The van der Waals surface area contributed by atoms with Crippen LogP contribution in [0.1, 0.15) is 30.5 Å². The Labute approximate surface area is 113 Å². The molecule has 0 saturated heterocycles. The molecule has 0 radical (unpaired) electrons. The summed E-state index contributed by atoms with van der Waals surface area (Å²) < 4.78 is 0. The van der Waals surface area contributed by atoms with Gasteiger partial charge in [0.2, 0.25) is 0 Å².